The number of fused-ring (bicyclic) bond motifs is 1. The van der Waals surface area contributed by atoms with Crippen LogP contribution < -0.4 is 4.90 Å². The zero-order valence-electron chi connectivity index (χ0n) is 15.6. The highest BCUT2D eigenvalue weighted by Crippen LogP contribution is 2.43. The minimum atomic E-state index is -1.85. The van der Waals surface area contributed by atoms with Crippen molar-refractivity contribution in [2.75, 3.05) is 4.90 Å². The van der Waals surface area contributed by atoms with Gasteiger partial charge in [-0.25, -0.2) is 0 Å². The summed E-state index contributed by atoms with van der Waals surface area (Å²) in [5.74, 6) is -0.720. The number of para-hydroxylation sites is 1. The Kier molecular flexibility index (Phi) is 4.57. The number of nitrogens with zero attached hydrogens (tertiary/aromatic N) is 1. The number of anilines is 1. The zero-order chi connectivity index (χ0) is 19.7. The lowest BCUT2D eigenvalue weighted by atomic mass is 9.88. The molecule has 0 bridgehead atoms. The SMILES string of the molecule is Cc1ccc(CN2C(=O)[C@](O)(CC(=O)c3ccccc3)c3ccccc32)cc1. The number of aryl methyl sites for hydroxylation is 1. The van der Waals surface area contributed by atoms with E-state index in [9.17, 15) is 14.7 Å². The first-order valence-electron chi connectivity index (χ1n) is 9.27. The summed E-state index contributed by atoms with van der Waals surface area (Å²) < 4.78 is 0. The summed E-state index contributed by atoms with van der Waals surface area (Å²) in [6.45, 7) is 2.35. The monoisotopic (exact) mass is 371 g/mol. The normalized spacial score (nSPS) is 18.2. The van der Waals surface area contributed by atoms with Gasteiger partial charge in [-0.2, -0.15) is 0 Å². The Hall–Kier alpha value is -3.24. The zero-order valence-corrected chi connectivity index (χ0v) is 15.6. The van der Waals surface area contributed by atoms with Crippen molar-refractivity contribution in [3.8, 4) is 0 Å². The predicted octanol–water partition coefficient (Wildman–Crippen LogP) is 4.00. The van der Waals surface area contributed by atoms with E-state index in [2.05, 4.69) is 0 Å². The van der Waals surface area contributed by atoms with Crippen molar-refractivity contribution in [3.63, 3.8) is 0 Å². The fraction of sp³-hybridized carbons (Fsp3) is 0.167. The summed E-state index contributed by atoms with van der Waals surface area (Å²) in [7, 11) is 0. The molecular weight excluding hydrogens is 350 g/mol. The molecule has 0 aliphatic carbocycles. The van der Waals surface area contributed by atoms with Crippen LogP contribution >= 0.6 is 0 Å². The molecule has 1 amide bonds. The second-order valence-corrected chi connectivity index (χ2v) is 7.22. The number of carbonyl (C=O) groups is 2. The van der Waals surface area contributed by atoms with Gasteiger partial charge in [-0.15, -0.1) is 0 Å². The van der Waals surface area contributed by atoms with Crippen LogP contribution in [-0.2, 0) is 16.9 Å². The van der Waals surface area contributed by atoms with Crippen LogP contribution in [0.4, 0.5) is 5.69 Å². The van der Waals surface area contributed by atoms with Crippen LogP contribution in [0.25, 0.3) is 0 Å². The quantitative estimate of drug-likeness (QED) is 0.690. The molecule has 28 heavy (non-hydrogen) atoms. The van der Waals surface area contributed by atoms with Gasteiger partial charge >= 0.3 is 0 Å². The van der Waals surface area contributed by atoms with Gasteiger partial charge in [-0.05, 0) is 18.6 Å². The van der Waals surface area contributed by atoms with Crippen LogP contribution in [0.2, 0.25) is 0 Å². The molecule has 3 aromatic rings. The smallest absolute Gasteiger partial charge is 0.264 e. The Morgan fingerprint density at radius 2 is 1.57 bits per heavy atom. The summed E-state index contributed by atoms with van der Waals surface area (Å²) in [4.78, 5) is 27.5. The number of hydrogen-bond donors (Lipinski definition) is 1. The molecule has 0 saturated heterocycles. The van der Waals surface area contributed by atoms with Crippen LogP contribution in [0.15, 0.2) is 78.9 Å². The largest absolute Gasteiger partial charge is 0.375 e. The first-order chi connectivity index (χ1) is 13.5. The average Bonchev–Trinajstić information content (AvgIpc) is 2.92. The van der Waals surface area contributed by atoms with Crippen molar-refractivity contribution in [1.82, 2.24) is 0 Å². The van der Waals surface area contributed by atoms with Crippen LogP contribution in [0.3, 0.4) is 0 Å². The summed E-state index contributed by atoms with van der Waals surface area (Å²) in [5, 5.41) is 11.3. The van der Waals surface area contributed by atoms with Gasteiger partial charge in [0.15, 0.2) is 11.4 Å². The number of amides is 1. The molecule has 1 N–H and O–H groups in total. The predicted molar refractivity (Wildman–Crippen MR) is 108 cm³/mol. The summed E-state index contributed by atoms with van der Waals surface area (Å²) in [6.07, 6.45) is -0.280. The van der Waals surface area contributed by atoms with Crippen molar-refractivity contribution in [2.45, 2.75) is 25.5 Å². The van der Waals surface area contributed by atoms with Gasteiger partial charge in [-0.1, -0.05) is 78.4 Å². The Labute approximate surface area is 164 Å². The van der Waals surface area contributed by atoms with Gasteiger partial charge in [-0.3, -0.25) is 9.59 Å². The molecular formula is C24H21NO3. The van der Waals surface area contributed by atoms with E-state index in [-0.39, 0.29) is 12.2 Å². The molecule has 0 aromatic heterocycles. The van der Waals surface area contributed by atoms with E-state index in [0.717, 1.165) is 11.1 Å². The van der Waals surface area contributed by atoms with Crippen LogP contribution in [0.1, 0.15) is 33.5 Å². The molecule has 1 aliphatic rings. The Bertz CT molecular complexity index is 1030. The van der Waals surface area contributed by atoms with Crippen molar-refractivity contribution in [2.24, 2.45) is 0 Å². The van der Waals surface area contributed by atoms with Crippen LogP contribution in [0, 0.1) is 6.92 Å². The summed E-state index contributed by atoms with van der Waals surface area (Å²) in [5.41, 5.74) is 1.87. The standard InChI is InChI=1S/C24H21NO3/c1-17-11-13-18(14-12-17)16-25-21-10-6-5-9-20(21)24(28,23(25)27)15-22(26)19-7-3-2-4-8-19/h2-14,28H,15-16H2,1H3/t24-/m0/s1. The molecule has 1 aliphatic heterocycles. The maximum Gasteiger partial charge on any atom is 0.264 e. The second kappa shape index (κ2) is 7.06. The van der Waals surface area contributed by atoms with E-state index in [1.807, 2.05) is 49.4 Å². The number of rotatable bonds is 5. The van der Waals surface area contributed by atoms with Gasteiger partial charge in [0, 0.05) is 11.1 Å². The molecule has 0 radical (unpaired) electrons. The molecule has 4 nitrogen and oxygen atoms in total. The lowest BCUT2D eigenvalue weighted by molar-refractivity contribution is -0.136. The topological polar surface area (TPSA) is 57.6 Å². The molecule has 1 atom stereocenters. The first-order valence-corrected chi connectivity index (χ1v) is 9.27. The minimum Gasteiger partial charge on any atom is -0.375 e. The first kappa shape index (κ1) is 18.1. The number of Topliss-reactive ketones (excluding diaryl/α,β-unsaturated/α-hetero) is 1. The lowest BCUT2D eigenvalue weighted by Gasteiger charge is -2.23. The number of hydrogen-bond acceptors (Lipinski definition) is 3. The summed E-state index contributed by atoms with van der Waals surface area (Å²) in [6, 6.07) is 23.8. The second-order valence-electron chi connectivity index (χ2n) is 7.22. The van der Waals surface area contributed by atoms with Crippen molar-refractivity contribution in [1.29, 1.82) is 0 Å². The molecule has 3 aromatic carbocycles. The van der Waals surface area contributed by atoms with Gasteiger partial charge in [0.1, 0.15) is 0 Å². The molecule has 4 heteroatoms. The third kappa shape index (κ3) is 3.12. The molecule has 0 spiro atoms. The Morgan fingerprint density at radius 1 is 0.929 bits per heavy atom. The third-order valence-electron chi connectivity index (χ3n) is 5.21. The molecule has 1 heterocycles. The van der Waals surface area contributed by atoms with E-state index in [0.29, 0.717) is 23.4 Å². The highest BCUT2D eigenvalue weighted by Gasteiger charge is 2.50. The van der Waals surface area contributed by atoms with Crippen LogP contribution in [-0.4, -0.2) is 16.8 Å². The van der Waals surface area contributed by atoms with Crippen LogP contribution in [0.5, 0.6) is 0 Å². The highest BCUT2D eigenvalue weighted by molar-refractivity contribution is 6.10. The average molecular weight is 371 g/mol. The van der Waals surface area contributed by atoms with E-state index in [4.69, 9.17) is 0 Å². The fourth-order valence-corrected chi connectivity index (χ4v) is 3.67. The van der Waals surface area contributed by atoms with E-state index >= 15 is 0 Å². The van der Waals surface area contributed by atoms with E-state index in [1.165, 1.54) is 0 Å². The Morgan fingerprint density at radius 3 is 2.29 bits per heavy atom. The number of benzene rings is 3. The maximum atomic E-state index is 13.2. The molecule has 0 unspecified atom stereocenters. The third-order valence-corrected chi connectivity index (χ3v) is 5.21. The van der Waals surface area contributed by atoms with E-state index < -0.39 is 11.5 Å². The minimum absolute atomic E-state index is 0.261. The van der Waals surface area contributed by atoms with Gasteiger partial charge < -0.3 is 10.0 Å². The molecule has 140 valence electrons. The highest BCUT2D eigenvalue weighted by atomic mass is 16.3. The van der Waals surface area contributed by atoms with Crippen molar-refractivity contribution < 1.29 is 14.7 Å². The fourth-order valence-electron chi connectivity index (χ4n) is 3.67. The Balaban J connectivity index is 1.68. The molecule has 4 rings (SSSR count). The van der Waals surface area contributed by atoms with Crippen molar-refractivity contribution >= 4 is 17.4 Å². The molecule has 0 fully saturated rings. The molecule has 0 saturated carbocycles. The van der Waals surface area contributed by atoms with Gasteiger partial charge in [0.05, 0.1) is 18.7 Å². The maximum absolute atomic E-state index is 13.2. The van der Waals surface area contributed by atoms with Gasteiger partial charge in [0.25, 0.3) is 5.91 Å². The van der Waals surface area contributed by atoms with Gasteiger partial charge in [0.2, 0.25) is 0 Å². The summed E-state index contributed by atoms with van der Waals surface area (Å²) >= 11 is 0. The van der Waals surface area contributed by atoms with Crippen molar-refractivity contribution in [3.05, 3.63) is 101 Å². The lowest BCUT2D eigenvalue weighted by Crippen LogP contribution is -2.41. The number of carbonyl (C=O) groups excluding carboxylic acids is 2. The number of ketones is 1. The number of aliphatic hydroxyl groups is 1. The van der Waals surface area contributed by atoms with E-state index in [1.54, 1.807) is 41.3 Å².